The van der Waals surface area contributed by atoms with Crippen molar-refractivity contribution >= 4 is 23.5 Å². The maximum atomic E-state index is 13.6. The van der Waals surface area contributed by atoms with Crippen molar-refractivity contribution in [2.45, 2.75) is 84.5 Å². The van der Waals surface area contributed by atoms with Crippen molar-refractivity contribution < 1.29 is 28.4 Å². The average Bonchev–Trinajstić information content (AvgIpc) is 3.57. The molecule has 234 valence electrons. The molecule has 1 saturated carbocycles. The highest BCUT2D eigenvalue weighted by molar-refractivity contribution is 5.98. The number of nitrogens with one attached hydrogen (secondary N) is 3. The quantitative estimate of drug-likeness (QED) is 0.285. The summed E-state index contributed by atoms with van der Waals surface area (Å²) in [5, 5.41) is 12.4. The zero-order valence-corrected chi connectivity index (χ0v) is 25.7. The molecule has 11 heteroatoms. The van der Waals surface area contributed by atoms with Crippen LogP contribution in [0.2, 0.25) is 0 Å². The summed E-state index contributed by atoms with van der Waals surface area (Å²) in [7, 11) is 0. The standard InChI is InChI=1S/C32H45N5O6/c1-5-24(33-31(41)27-19-23(43-36-27)20-37-13-15-42-16-14-37)29(39)35-26(18-22-9-7-6-8-10-22)30(40)34-25(17-21(2)3)28(38)32(4)11-12-32/h6-10,19,21,24-26H,5,11-18,20H2,1-4H3,(H,33,41)(H,34,40)(H,35,39)/t24-,25-,26-/m0/s1. The van der Waals surface area contributed by atoms with Gasteiger partial charge in [0, 0.05) is 31.0 Å². The third-order valence-electron chi connectivity index (χ3n) is 8.16. The van der Waals surface area contributed by atoms with Crippen LogP contribution in [-0.4, -0.2) is 78.0 Å². The maximum absolute atomic E-state index is 13.6. The van der Waals surface area contributed by atoms with Crippen molar-refractivity contribution in [2.24, 2.45) is 11.3 Å². The Kier molecular flexibility index (Phi) is 11.1. The van der Waals surface area contributed by atoms with Crippen LogP contribution in [0.1, 0.15) is 75.2 Å². The Morgan fingerprint density at radius 1 is 0.953 bits per heavy atom. The second-order valence-corrected chi connectivity index (χ2v) is 12.4. The number of ether oxygens (including phenoxy) is 1. The van der Waals surface area contributed by atoms with Crippen LogP contribution < -0.4 is 16.0 Å². The summed E-state index contributed by atoms with van der Waals surface area (Å²) in [6.45, 7) is 11.1. The van der Waals surface area contributed by atoms with E-state index in [2.05, 4.69) is 26.0 Å². The SMILES string of the molecule is CC[C@H](NC(=O)c1cc(CN2CCOCC2)on1)C(=O)N[C@@H](Cc1ccccc1)C(=O)N[C@@H](CC(C)C)C(=O)C1(C)CC1. The molecule has 4 rings (SSSR count). The smallest absolute Gasteiger partial charge is 0.274 e. The fourth-order valence-corrected chi connectivity index (χ4v) is 5.22. The number of aromatic nitrogens is 1. The molecule has 2 aromatic rings. The van der Waals surface area contributed by atoms with Crippen LogP contribution >= 0.6 is 0 Å². The lowest BCUT2D eigenvalue weighted by molar-refractivity contribution is -0.133. The van der Waals surface area contributed by atoms with Gasteiger partial charge in [-0.3, -0.25) is 24.1 Å². The molecule has 43 heavy (non-hydrogen) atoms. The van der Waals surface area contributed by atoms with Crippen molar-refractivity contribution in [3.8, 4) is 0 Å². The molecule has 0 radical (unpaired) electrons. The minimum atomic E-state index is -0.942. The molecule has 3 amide bonds. The van der Waals surface area contributed by atoms with Crippen LogP contribution in [0.15, 0.2) is 40.9 Å². The first-order chi connectivity index (χ1) is 20.6. The molecule has 2 heterocycles. The fraction of sp³-hybridized carbons (Fsp3) is 0.594. The van der Waals surface area contributed by atoms with Gasteiger partial charge in [-0.2, -0.15) is 0 Å². The molecule has 1 aliphatic carbocycles. The Hall–Kier alpha value is -3.57. The molecule has 0 bridgehead atoms. The molecular formula is C32H45N5O6. The molecule has 1 aromatic heterocycles. The molecule has 11 nitrogen and oxygen atoms in total. The first kappa shape index (κ1) is 32.3. The Balaban J connectivity index is 1.42. The van der Waals surface area contributed by atoms with Crippen molar-refractivity contribution in [3.05, 3.63) is 53.4 Å². The number of carbonyl (C=O) groups excluding carboxylic acids is 4. The fourth-order valence-electron chi connectivity index (χ4n) is 5.22. The first-order valence-corrected chi connectivity index (χ1v) is 15.3. The second-order valence-electron chi connectivity index (χ2n) is 12.4. The Bertz CT molecular complexity index is 1250. The Labute approximate surface area is 253 Å². The minimum Gasteiger partial charge on any atom is -0.379 e. The predicted octanol–water partition coefficient (Wildman–Crippen LogP) is 2.64. The van der Waals surface area contributed by atoms with Crippen molar-refractivity contribution in [1.82, 2.24) is 26.0 Å². The van der Waals surface area contributed by atoms with Gasteiger partial charge in [-0.15, -0.1) is 0 Å². The van der Waals surface area contributed by atoms with Crippen LogP contribution in [0.4, 0.5) is 0 Å². The largest absolute Gasteiger partial charge is 0.379 e. The minimum absolute atomic E-state index is 0.0404. The number of benzene rings is 1. The van der Waals surface area contributed by atoms with Crippen LogP contribution in [-0.2, 0) is 32.1 Å². The van der Waals surface area contributed by atoms with Gasteiger partial charge in [0.25, 0.3) is 5.91 Å². The van der Waals surface area contributed by atoms with E-state index in [-0.39, 0.29) is 23.8 Å². The van der Waals surface area contributed by atoms with E-state index in [1.807, 2.05) is 51.1 Å². The van der Waals surface area contributed by atoms with Gasteiger partial charge in [0.2, 0.25) is 11.8 Å². The van der Waals surface area contributed by atoms with Crippen LogP contribution in [0.25, 0.3) is 0 Å². The molecule has 2 fully saturated rings. The summed E-state index contributed by atoms with van der Waals surface area (Å²) in [4.78, 5) is 55.5. The molecule has 0 unspecified atom stereocenters. The summed E-state index contributed by atoms with van der Waals surface area (Å²) in [5.41, 5.74) is 0.541. The normalized spacial score (nSPS) is 18.3. The molecular weight excluding hydrogens is 550 g/mol. The van der Waals surface area contributed by atoms with Gasteiger partial charge in [-0.1, -0.05) is 63.2 Å². The van der Waals surface area contributed by atoms with Crippen molar-refractivity contribution in [2.75, 3.05) is 26.3 Å². The lowest BCUT2D eigenvalue weighted by atomic mass is 9.91. The molecule has 1 saturated heterocycles. The predicted molar refractivity (Wildman–Crippen MR) is 160 cm³/mol. The van der Waals surface area contributed by atoms with E-state index in [1.54, 1.807) is 13.0 Å². The zero-order chi connectivity index (χ0) is 31.0. The van der Waals surface area contributed by atoms with Crippen LogP contribution in [0.5, 0.6) is 0 Å². The van der Waals surface area contributed by atoms with Gasteiger partial charge >= 0.3 is 0 Å². The van der Waals surface area contributed by atoms with E-state index in [0.29, 0.717) is 38.4 Å². The highest BCUT2D eigenvalue weighted by Crippen LogP contribution is 2.47. The number of hydrogen-bond donors (Lipinski definition) is 3. The number of rotatable bonds is 15. The summed E-state index contributed by atoms with van der Waals surface area (Å²) >= 11 is 0. The van der Waals surface area contributed by atoms with E-state index in [1.165, 1.54) is 0 Å². The molecule has 3 atom stereocenters. The molecule has 2 aliphatic rings. The van der Waals surface area contributed by atoms with Gasteiger partial charge in [0.15, 0.2) is 17.2 Å². The third kappa shape index (κ3) is 9.21. The lowest BCUT2D eigenvalue weighted by Gasteiger charge is -2.27. The second kappa shape index (κ2) is 14.7. The topological polar surface area (TPSA) is 143 Å². The highest BCUT2D eigenvalue weighted by atomic mass is 16.5. The number of nitrogens with zero attached hydrogens (tertiary/aromatic N) is 2. The molecule has 1 aromatic carbocycles. The number of carbonyl (C=O) groups is 4. The zero-order valence-electron chi connectivity index (χ0n) is 25.7. The lowest BCUT2D eigenvalue weighted by Crippen LogP contribution is -2.57. The highest BCUT2D eigenvalue weighted by Gasteiger charge is 2.48. The van der Waals surface area contributed by atoms with Gasteiger partial charge < -0.3 is 25.2 Å². The first-order valence-electron chi connectivity index (χ1n) is 15.3. The van der Waals surface area contributed by atoms with Gasteiger partial charge in [-0.05, 0) is 37.2 Å². The molecule has 3 N–H and O–H groups in total. The van der Waals surface area contributed by atoms with Crippen LogP contribution in [0, 0.1) is 11.3 Å². The van der Waals surface area contributed by atoms with E-state index in [4.69, 9.17) is 9.26 Å². The number of Topliss-reactive ketones (excluding diaryl/α,β-unsaturated/α-hetero) is 1. The van der Waals surface area contributed by atoms with E-state index >= 15 is 0 Å². The van der Waals surface area contributed by atoms with Gasteiger partial charge in [0.05, 0.1) is 25.8 Å². The summed E-state index contributed by atoms with van der Waals surface area (Å²) in [6.07, 6.45) is 2.68. The number of hydrogen-bond acceptors (Lipinski definition) is 8. The monoisotopic (exact) mass is 595 g/mol. The van der Waals surface area contributed by atoms with Crippen molar-refractivity contribution in [3.63, 3.8) is 0 Å². The number of ketones is 1. The molecule has 0 spiro atoms. The average molecular weight is 596 g/mol. The van der Waals surface area contributed by atoms with Gasteiger partial charge in [0.1, 0.15) is 12.1 Å². The number of morpholine rings is 1. The van der Waals surface area contributed by atoms with Gasteiger partial charge in [-0.25, -0.2) is 0 Å². The summed E-state index contributed by atoms with van der Waals surface area (Å²) in [6, 6.07) is 8.47. The Morgan fingerprint density at radius 2 is 1.60 bits per heavy atom. The molecule has 1 aliphatic heterocycles. The van der Waals surface area contributed by atoms with E-state index < -0.39 is 41.3 Å². The van der Waals surface area contributed by atoms with E-state index in [0.717, 1.165) is 31.5 Å². The maximum Gasteiger partial charge on any atom is 0.274 e. The van der Waals surface area contributed by atoms with E-state index in [9.17, 15) is 19.2 Å². The summed E-state index contributed by atoms with van der Waals surface area (Å²) in [5.74, 6) is -0.670. The van der Waals surface area contributed by atoms with Crippen LogP contribution in [0.3, 0.4) is 0 Å². The third-order valence-corrected chi connectivity index (χ3v) is 8.16. The Morgan fingerprint density at radius 3 is 2.23 bits per heavy atom. The summed E-state index contributed by atoms with van der Waals surface area (Å²) < 4.78 is 10.7. The van der Waals surface area contributed by atoms with Crippen molar-refractivity contribution in [1.29, 1.82) is 0 Å². The number of amides is 3.